The van der Waals surface area contributed by atoms with Crippen molar-refractivity contribution in [3.05, 3.63) is 41.0 Å². The van der Waals surface area contributed by atoms with E-state index in [0.717, 1.165) is 10.4 Å². The van der Waals surface area contributed by atoms with E-state index in [1.54, 1.807) is 30.5 Å². The van der Waals surface area contributed by atoms with Gasteiger partial charge in [0.1, 0.15) is 4.88 Å². The summed E-state index contributed by atoms with van der Waals surface area (Å²) in [7, 11) is 0. The number of carbonyl (C=O) groups is 1. The number of thiophene rings is 1. The quantitative estimate of drug-likeness (QED) is 0.853. The van der Waals surface area contributed by atoms with E-state index >= 15 is 0 Å². The normalized spacial score (nSPS) is 10.3. The molecule has 82 valence electrons. The van der Waals surface area contributed by atoms with Crippen molar-refractivity contribution in [1.29, 1.82) is 0 Å². The Morgan fingerprint density at radius 2 is 2.19 bits per heavy atom. The zero-order valence-electron chi connectivity index (χ0n) is 8.25. The van der Waals surface area contributed by atoms with Crippen molar-refractivity contribution < 1.29 is 15.0 Å². The summed E-state index contributed by atoms with van der Waals surface area (Å²) < 4.78 is 0. The molecule has 0 amide bonds. The van der Waals surface area contributed by atoms with E-state index in [0.29, 0.717) is 10.6 Å². The molecule has 16 heavy (non-hydrogen) atoms. The second kappa shape index (κ2) is 4.42. The number of hydrogen-bond donors (Lipinski definition) is 2. The molecule has 0 saturated carbocycles. The maximum absolute atomic E-state index is 10.7. The lowest BCUT2D eigenvalue weighted by Crippen LogP contribution is -1.89. The molecule has 0 unspecified atom stereocenters. The van der Waals surface area contributed by atoms with Crippen LogP contribution in [0, 0.1) is 0 Å². The summed E-state index contributed by atoms with van der Waals surface area (Å²) in [5, 5.41) is 17.8. The molecule has 0 aliphatic carbocycles. The van der Waals surface area contributed by atoms with Crippen molar-refractivity contribution in [1.82, 2.24) is 4.98 Å². The fourth-order valence-electron chi connectivity index (χ4n) is 1.33. The third kappa shape index (κ3) is 2.10. The van der Waals surface area contributed by atoms with E-state index in [9.17, 15) is 4.79 Å². The Labute approximate surface area is 95.8 Å². The number of pyridine rings is 1. The first-order chi connectivity index (χ1) is 7.70. The first kappa shape index (κ1) is 10.8. The molecule has 2 aromatic heterocycles. The molecule has 0 spiro atoms. The van der Waals surface area contributed by atoms with Crippen molar-refractivity contribution in [3.8, 4) is 10.4 Å². The Kier molecular flexibility index (Phi) is 2.98. The molecule has 2 aromatic rings. The summed E-state index contributed by atoms with van der Waals surface area (Å²) in [6, 6.07) is 6.86. The molecule has 0 radical (unpaired) electrons. The van der Waals surface area contributed by atoms with Gasteiger partial charge in [0, 0.05) is 11.1 Å². The lowest BCUT2D eigenvalue weighted by Gasteiger charge is -1.99. The molecular formula is C11H9NO3S. The minimum atomic E-state index is -0.923. The minimum Gasteiger partial charge on any atom is -0.477 e. The van der Waals surface area contributed by atoms with Gasteiger partial charge in [-0.05, 0) is 29.8 Å². The van der Waals surface area contributed by atoms with Crippen molar-refractivity contribution >= 4 is 17.3 Å². The van der Waals surface area contributed by atoms with Gasteiger partial charge in [0.2, 0.25) is 0 Å². The van der Waals surface area contributed by atoms with E-state index in [2.05, 4.69) is 4.98 Å². The largest absolute Gasteiger partial charge is 0.477 e. The van der Waals surface area contributed by atoms with Gasteiger partial charge in [-0.15, -0.1) is 11.3 Å². The summed E-state index contributed by atoms with van der Waals surface area (Å²) in [4.78, 5) is 15.8. The number of hydrogen-bond acceptors (Lipinski definition) is 4. The Balaban J connectivity index is 2.38. The maximum Gasteiger partial charge on any atom is 0.345 e. The summed E-state index contributed by atoms with van der Waals surface area (Å²) in [5.74, 6) is -0.923. The molecule has 2 heterocycles. The second-order valence-electron chi connectivity index (χ2n) is 3.16. The number of aliphatic hydroxyl groups is 1. The summed E-state index contributed by atoms with van der Waals surface area (Å²) >= 11 is 1.20. The van der Waals surface area contributed by atoms with Crippen LogP contribution in [0.3, 0.4) is 0 Å². The van der Waals surface area contributed by atoms with Gasteiger partial charge in [0.25, 0.3) is 0 Å². The third-order valence-corrected chi connectivity index (χ3v) is 3.20. The molecular weight excluding hydrogens is 226 g/mol. The molecule has 0 aliphatic heterocycles. The molecule has 0 bridgehead atoms. The zero-order valence-corrected chi connectivity index (χ0v) is 9.07. The van der Waals surface area contributed by atoms with Crippen LogP contribution in [0.15, 0.2) is 30.5 Å². The summed E-state index contributed by atoms with van der Waals surface area (Å²) in [6.07, 6.45) is 1.60. The monoisotopic (exact) mass is 235 g/mol. The Morgan fingerprint density at radius 1 is 1.38 bits per heavy atom. The Morgan fingerprint density at radius 3 is 2.81 bits per heavy atom. The van der Waals surface area contributed by atoms with Crippen molar-refractivity contribution in [2.24, 2.45) is 0 Å². The van der Waals surface area contributed by atoms with Crippen LogP contribution in [0.5, 0.6) is 0 Å². The highest BCUT2D eigenvalue weighted by Gasteiger charge is 2.08. The first-order valence-electron chi connectivity index (χ1n) is 4.60. The standard InChI is InChI=1S/C11H9NO3S/c13-6-8-5-7(3-4-12-8)9-1-2-10(16-9)11(14)15/h1-5,13H,6H2,(H,14,15). The summed E-state index contributed by atoms with van der Waals surface area (Å²) in [6.45, 7) is -0.120. The van der Waals surface area contributed by atoms with Gasteiger partial charge in [-0.2, -0.15) is 0 Å². The minimum absolute atomic E-state index is 0.120. The molecule has 0 aromatic carbocycles. The molecule has 0 atom stereocenters. The van der Waals surface area contributed by atoms with E-state index in [4.69, 9.17) is 10.2 Å². The smallest absolute Gasteiger partial charge is 0.345 e. The topological polar surface area (TPSA) is 70.4 Å². The van der Waals surface area contributed by atoms with E-state index < -0.39 is 5.97 Å². The van der Waals surface area contributed by atoms with Crippen LogP contribution < -0.4 is 0 Å². The number of carboxylic acid groups (broad SMARTS) is 1. The van der Waals surface area contributed by atoms with E-state index in [1.165, 1.54) is 11.3 Å². The average Bonchev–Trinajstić information content (AvgIpc) is 2.78. The second-order valence-corrected chi connectivity index (χ2v) is 4.25. The number of nitrogens with zero attached hydrogens (tertiary/aromatic N) is 1. The van der Waals surface area contributed by atoms with E-state index in [1.807, 2.05) is 0 Å². The molecule has 4 nitrogen and oxygen atoms in total. The molecule has 2 N–H and O–H groups in total. The molecule has 0 fully saturated rings. The fraction of sp³-hybridized carbons (Fsp3) is 0.0909. The van der Waals surface area contributed by atoms with Crippen molar-refractivity contribution in [2.75, 3.05) is 0 Å². The first-order valence-corrected chi connectivity index (χ1v) is 5.41. The Hall–Kier alpha value is -1.72. The summed E-state index contributed by atoms with van der Waals surface area (Å²) in [5.41, 5.74) is 1.44. The third-order valence-electron chi connectivity index (χ3n) is 2.08. The van der Waals surface area contributed by atoms with Gasteiger partial charge in [-0.3, -0.25) is 4.98 Å². The maximum atomic E-state index is 10.7. The molecule has 5 heteroatoms. The van der Waals surface area contributed by atoms with E-state index in [-0.39, 0.29) is 6.61 Å². The van der Waals surface area contributed by atoms with Gasteiger partial charge in [-0.1, -0.05) is 0 Å². The highest BCUT2D eigenvalue weighted by Crippen LogP contribution is 2.28. The van der Waals surface area contributed by atoms with Crippen LogP contribution >= 0.6 is 11.3 Å². The number of aromatic carboxylic acids is 1. The zero-order chi connectivity index (χ0) is 11.5. The van der Waals surface area contributed by atoms with Gasteiger partial charge in [0.15, 0.2) is 0 Å². The van der Waals surface area contributed by atoms with Crippen LogP contribution in [-0.4, -0.2) is 21.2 Å². The molecule has 0 saturated heterocycles. The number of carboxylic acids is 1. The number of aromatic nitrogens is 1. The fourth-order valence-corrected chi connectivity index (χ4v) is 2.17. The number of aliphatic hydroxyl groups excluding tert-OH is 1. The predicted molar refractivity (Wildman–Crippen MR) is 60.4 cm³/mol. The average molecular weight is 235 g/mol. The van der Waals surface area contributed by atoms with Gasteiger partial charge < -0.3 is 10.2 Å². The molecule has 2 rings (SSSR count). The SMILES string of the molecule is O=C(O)c1ccc(-c2ccnc(CO)c2)s1. The van der Waals surface area contributed by atoms with Crippen molar-refractivity contribution in [3.63, 3.8) is 0 Å². The van der Waals surface area contributed by atoms with Crippen LogP contribution in [0.2, 0.25) is 0 Å². The van der Waals surface area contributed by atoms with Gasteiger partial charge >= 0.3 is 5.97 Å². The molecule has 0 aliphatic rings. The van der Waals surface area contributed by atoms with Crippen LogP contribution in [0.25, 0.3) is 10.4 Å². The van der Waals surface area contributed by atoms with Crippen LogP contribution in [0.1, 0.15) is 15.4 Å². The highest BCUT2D eigenvalue weighted by atomic mass is 32.1. The van der Waals surface area contributed by atoms with Crippen LogP contribution in [-0.2, 0) is 6.61 Å². The highest BCUT2D eigenvalue weighted by molar-refractivity contribution is 7.17. The predicted octanol–water partition coefficient (Wildman–Crippen LogP) is 2.00. The lowest BCUT2D eigenvalue weighted by atomic mass is 10.2. The number of rotatable bonds is 3. The van der Waals surface area contributed by atoms with Gasteiger partial charge in [0.05, 0.1) is 12.3 Å². The van der Waals surface area contributed by atoms with Gasteiger partial charge in [-0.25, -0.2) is 4.79 Å². The lowest BCUT2D eigenvalue weighted by molar-refractivity contribution is 0.0702. The Bertz CT molecular complexity index is 521. The van der Waals surface area contributed by atoms with Crippen LogP contribution in [0.4, 0.5) is 0 Å². The van der Waals surface area contributed by atoms with Crippen molar-refractivity contribution in [2.45, 2.75) is 6.61 Å².